The third-order valence-corrected chi connectivity index (χ3v) is 17.8. The zero-order valence-corrected chi connectivity index (χ0v) is 46.2. The summed E-state index contributed by atoms with van der Waals surface area (Å²) in [6.45, 7) is 26.0. The van der Waals surface area contributed by atoms with Crippen LogP contribution < -0.4 is 0 Å². The SMILES string of the molecule is CCCCCCCCC(CCCCCC)CN1C(=O)/C(=C(\c2ncc(C(C)(C)C)s2)N(C=O)CC(CCCCCC)CCCCCCCC)C(C)=C1c1ncc(-c2ccc(C(C)(C)C)s2)s1. The second-order valence-electron chi connectivity index (χ2n) is 21.6. The quantitative estimate of drug-likeness (QED) is 0.0347. The van der Waals surface area contributed by atoms with Gasteiger partial charge in [-0.05, 0) is 73.0 Å². The first kappa shape index (κ1) is 56.0. The lowest BCUT2D eigenvalue weighted by molar-refractivity contribution is -0.123. The molecule has 1 aliphatic rings. The number of thiazole rings is 2. The van der Waals surface area contributed by atoms with Gasteiger partial charge in [0.15, 0.2) is 0 Å². The summed E-state index contributed by atoms with van der Waals surface area (Å²) < 4.78 is 0. The average Bonchev–Trinajstić information content (AvgIpc) is 4.11. The van der Waals surface area contributed by atoms with Gasteiger partial charge in [0, 0.05) is 40.1 Å². The lowest BCUT2D eigenvalue weighted by atomic mass is 9.93. The van der Waals surface area contributed by atoms with Crippen molar-refractivity contribution in [2.75, 3.05) is 13.1 Å². The number of amides is 2. The summed E-state index contributed by atoms with van der Waals surface area (Å²) in [4.78, 5) is 48.7. The van der Waals surface area contributed by atoms with E-state index in [1.165, 1.54) is 138 Å². The first-order chi connectivity index (χ1) is 31.7. The molecule has 66 heavy (non-hydrogen) atoms. The van der Waals surface area contributed by atoms with Crippen LogP contribution in [0, 0.1) is 11.8 Å². The van der Waals surface area contributed by atoms with E-state index in [1.54, 1.807) is 22.7 Å². The van der Waals surface area contributed by atoms with Crippen LogP contribution in [0.25, 0.3) is 21.1 Å². The Labute approximate surface area is 416 Å². The first-order valence-electron chi connectivity index (χ1n) is 26.7. The van der Waals surface area contributed by atoms with Gasteiger partial charge in [0.1, 0.15) is 10.0 Å². The van der Waals surface area contributed by atoms with Gasteiger partial charge >= 0.3 is 0 Å². The number of unbranched alkanes of at least 4 members (excludes halogenated alkanes) is 16. The van der Waals surface area contributed by atoms with Gasteiger partial charge in [-0.2, -0.15) is 0 Å². The highest BCUT2D eigenvalue weighted by atomic mass is 32.1. The molecule has 4 heterocycles. The molecule has 2 amide bonds. The Morgan fingerprint density at radius 2 is 1.12 bits per heavy atom. The summed E-state index contributed by atoms with van der Waals surface area (Å²) in [5, 5.41) is 1.64. The number of carbonyl (C=O) groups is 2. The third-order valence-electron chi connectivity index (χ3n) is 13.6. The fourth-order valence-corrected chi connectivity index (χ4v) is 12.7. The number of aromatic nitrogens is 2. The number of carbonyl (C=O) groups excluding carboxylic acids is 2. The summed E-state index contributed by atoms with van der Waals surface area (Å²) in [7, 11) is 0. The molecule has 0 saturated heterocycles. The maximum Gasteiger partial charge on any atom is 0.260 e. The van der Waals surface area contributed by atoms with Crippen molar-refractivity contribution < 1.29 is 9.59 Å². The van der Waals surface area contributed by atoms with Crippen molar-refractivity contribution in [3.8, 4) is 9.75 Å². The van der Waals surface area contributed by atoms with Gasteiger partial charge in [-0.25, -0.2) is 9.97 Å². The van der Waals surface area contributed by atoms with E-state index >= 15 is 4.79 Å². The Kier molecular flexibility index (Phi) is 24.4. The lowest BCUT2D eigenvalue weighted by Gasteiger charge is -2.28. The molecule has 2 atom stereocenters. The molecular weight excluding hydrogens is 869 g/mol. The minimum Gasteiger partial charge on any atom is -0.311 e. The fraction of sp³-hybridized carbons (Fsp3) is 0.719. The van der Waals surface area contributed by atoms with Gasteiger partial charge in [-0.1, -0.05) is 198 Å². The molecule has 0 bridgehead atoms. The van der Waals surface area contributed by atoms with Crippen molar-refractivity contribution in [1.29, 1.82) is 0 Å². The second kappa shape index (κ2) is 28.8. The number of thiophene rings is 1. The Morgan fingerprint density at radius 1 is 0.621 bits per heavy atom. The number of hydrogen-bond acceptors (Lipinski definition) is 7. The van der Waals surface area contributed by atoms with Crippen LogP contribution in [-0.4, -0.2) is 45.2 Å². The second-order valence-corrected chi connectivity index (χ2v) is 24.8. The van der Waals surface area contributed by atoms with Crippen LogP contribution in [0.15, 0.2) is 35.7 Å². The van der Waals surface area contributed by atoms with Crippen molar-refractivity contribution in [1.82, 2.24) is 19.8 Å². The van der Waals surface area contributed by atoms with Crippen molar-refractivity contribution >= 4 is 57.7 Å². The van der Waals surface area contributed by atoms with E-state index in [4.69, 9.17) is 9.97 Å². The number of rotatable bonds is 33. The lowest BCUT2D eigenvalue weighted by Crippen LogP contribution is -2.33. The molecule has 6 nitrogen and oxygen atoms in total. The Morgan fingerprint density at radius 3 is 1.61 bits per heavy atom. The maximum atomic E-state index is 15.8. The van der Waals surface area contributed by atoms with Gasteiger partial charge in [0.2, 0.25) is 6.41 Å². The molecule has 9 heteroatoms. The highest BCUT2D eigenvalue weighted by Crippen LogP contribution is 2.46. The van der Waals surface area contributed by atoms with Crippen LogP contribution in [0.1, 0.15) is 250 Å². The van der Waals surface area contributed by atoms with Gasteiger partial charge < -0.3 is 9.80 Å². The largest absolute Gasteiger partial charge is 0.311 e. The fourth-order valence-electron chi connectivity index (χ4n) is 9.44. The predicted molar refractivity (Wildman–Crippen MR) is 289 cm³/mol. The highest BCUT2D eigenvalue weighted by molar-refractivity contribution is 7.22. The number of hydrogen-bond donors (Lipinski definition) is 0. The highest BCUT2D eigenvalue weighted by Gasteiger charge is 2.41. The Balaban J connectivity index is 1.88. The third kappa shape index (κ3) is 17.1. The van der Waals surface area contributed by atoms with Crippen LogP contribution in [-0.2, 0) is 20.4 Å². The molecule has 0 aliphatic carbocycles. The Hall–Kier alpha value is -2.62. The topological polar surface area (TPSA) is 66.4 Å². The molecule has 3 aromatic rings. The molecule has 1 aliphatic heterocycles. The van der Waals surface area contributed by atoms with Crippen molar-refractivity contribution in [3.05, 3.63) is 55.4 Å². The van der Waals surface area contributed by atoms with Gasteiger partial charge in [0.05, 0.1) is 21.8 Å². The van der Waals surface area contributed by atoms with Crippen molar-refractivity contribution in [2.45, 2.75) is 241 Å². The zero-order chi connectivity index (χ0) is 48.1. The number of nitrogens with zero attached hydrogens (tertiary/aromatic N) is 4. The molecule has 3 aromatic heterocycles. The molecule has 0 spiro atoms. The predicted octanol–water partition coefficient (Wildman–Crippen LogP) is 18.0. The maximum absolute atomic E-state index is 15.8. The average molecular weight is 962 g/mol. The summed E-state index contributed by atoms with van der Waals surface area (Å²) in [6.07, 6.45) is 34.2. The summed E-state index contributed by atoms with van der Waals surface area (Å²) >= 11 is 5.18. The minimum absolute atomic E-state index is 0.00308. The van der Waals surface area contributed by atoms with Gasteiger partial charge in [-0.3, -0.25) is 9.59 Å². The molecule has 370 valence electrons. The summed E-state index contributed by atoms with van der Waals surface area (Å²) in [5.41, 5.74) is 3.10. The minimum atomic E-state index is -0.119. The zero-order valence-electron chi connectivity index (χ0n) is 43.8. The van der Waals surface area contributed by atoms with E-state index < -0.39 is 0 Å². The van der Waals surface area contributed by atoms with E-state index in [0.29, 0.717) is 36.2 Å². The van der Waals surface area contributed by atoms with Gasteiger partial charge in [-0.15, -0.1) is 34.0 Å². The molecule has 4 rings (SSSR count). The molecule has 0 radical (unpaired) electrons. The van der Waals surface area contributed by atoms with E-state index in [-0.39, 0.29) is 16.7 Å². The molecule has 0 saturated carbocycles. The molecule has 2 unspecified atom stereocenters. The molecular formula is C57H92N4O2S3. The van der Waals surface area contributed by atoms with E-state index in [2.05, 4.69) is 93.2 Å². The smallest absolute Gasteiger partial charge is 0.260 e. The van der Waals surface area contributed by atoms with E-state index in [0.717, 1.165) is 63.1 Å². The standard InChI is InChI=1S/C57H92N4O2S3/c1-12-16-20-24-26-30-33-44(32-28-22-18-14-3)40-60(42-62)52(54-59-39-49(66-54)57(9,10)11)50-43(5)51(53-58-38-47(65-53)46-36-37-48(64-46)56(6,7)8)61(55(50)63)41-45(34-29-23-19-15-4)35-31-27-25-21-17-13-2/h36-39,42,44-45H,12-35,40-41H2,1-11H3/b52-50+. The summed E-state index contributed by atoms with van der Waals surface area (Å²) in [6, 6.07) is 4.49. The van der Waals surface area contributed by atoms with Crippen LogP contribution in [0.3, 0.4) is 0 Å². The molecule has 0 aromatic carbocycles. The van der Waals surface area contributed by atoms with Crippen LogP contribution >= 0.6 is 34.0 Å². The van der Waals surface area contributed by atoms with E-state index in [9.17, 15) is 4.79 Å². The monoisotopic (exact) mass is 961 g/mol. The van der Waals surface area contributed by atoms with Crippen molar-refractivity contribution in [2.24, 2.45) is 11.8 Å². The summed E-state index contributed by atoms with van der Waals surface area (Å²) in [5.74, 6) is 0.729. The van der Waals surface area contributed by atoms with Crippen molar-refractivity contribution in [3.63, 3.8) is 0 Å². The normalized spacial score (nSPS) is 15.3. The molecule has 0 fully saturated rings. The Bertz CT molecular complexity index is 1940. The van der Waals surface area contributed by atoms with E-state index in [1.807, 2.05) is 28.6 Å². The molecule has 0 N–H and O–H groups in total. The van der Waals surface area contributed by atoms with Gasteiger partial charge in [0.25, 0.3) is 5.91 Å². The van der Waals surface area contributed by atoms with Crippen LogP contribution in [0.2, 0.25) is 0 Å². The first-order valence-corrected chi connectivity index (χ1v) is 29.2. The van der Waals surface area contributed by atoms with Crippen LogP contribution in [0.5, 0.6) is 0 Å². The van der Waals surface area contributed by atoms with Crippen LogP contribution in [0.4, 0.5) is 0 Å².